The van der Waals surface area contributed by atoms with Crippen LogP contribution in [0.5, 0.6) is 0 Å². The van der Waals surface area contributed by atoms with E-state index in [9.17, 15) is 12.8 Å². The molecule has 0 aromatic heterocycles. The van der Waals surface area contributed by atoms with Gasteiger partial charge < -0.3 is 10.2 Å². The van der Waals surface area contributed by atoms with Gasteiger partial charge in [-0.2, -0.15) is 0 Å². The largest absolute Gasteiger partial charge is 0.357 e. The smallest absolute Gasteiger partial charge is 0.194 e. The molecule has 1 aromatic rings. The predicted octanol–water partition coefficient (Wildman–Crippen LogP) is 3.11. The van der Waals surface area contributed by atoms with Gasteiger partial charge in [0.15, 0.2) is 15.8 Å². The third-order valence-electron chi connectivity index (χ3n) is 4.36. The average molecular weight is 518 g/mol. The van der Waals surface area contributed by atoms with Crippen molar-refractivity contribution in [1.82, 2.24) is 10.2 Å². The fourth-order valence-corrected chi connectivity index (χ4v) is 4.42. The second-order valence-electron chi connectivity index (χ2n) is 6.69. The molecule has 0 spiro atoms. The van der Waals surface area contributed by atoms with Crippen molar-refractivity contribution in [3.05, 3.63) is 34.6 Å². The van der Waals surface area contributed by atoms with Gasteiger partial charge in [0.2, 0.25) is 0 Å². The molecule has 0 atom stereocenters. The first kappa shape index (κ1) is 23.4. The minimum atomic E-state index is -3.11. The molecule has 1 aliphatic rings. The van der Waals surface area contributed by atoms with E-state index in [1.807, 2.05) is 11.8 Å². The molecule has 26 heavy (non-hydrogen) atoms. The van der Waals surface area contributed by atoms with Crippen molar-refractivity contribution in [2.45, 2.75) is 31.9 Å². The zero-order valence-corrected chi connectivity index (χ0v) is 19.2. The summed E-state index contributed by atoms with van der Waals surface area (Å²) >= 11 is 6.04. The molecule has 0 amide bonds. The van der Waals surface area contributed by atoms with Gasteiger partial charge in [0.25, 0.3) is 0 Å². The number of rotatable bonds is 4. The van der Waals surface area contributed by atoms with Crippen LogP contribution in [-0.2, 0) is 16.3 Å². The molecule has 1 heterocycles. The fraction of sp³-hybridized carbons (Fsp3) is 0.588. The maximum atomic E-state index is 13.8. The van der Waals surface area contributed by atoms with E-state index in [2.05, 4.69) is 10.3 Å². The van der Waals surface area contributed by atoms with E-state index in [1.165, 1.54) is 6.07 Å². The first-order valence-electron chi connectivity index (χ1n) is 8.36. The van der Waals surface area contributed by atoms with E-state index in [1.54, 1.807) is 26.0 Å². The molecule has 5 nitrogen and oxygen atoms in total. The maximum Gasteiger partial charge on any atom is 0.194 e. The normalized spacial score (nSPS) is 19.0. The number of nitrogens with zero attached hydrogens (tertiary/aromatic N) is 2. The van der Waals surface area contributed by atoms with Crippen LogP contribution in [0.4, 0.5) is 4.39 Å². The molecule has 0 aliphatic carbocycles. The highest BCUT2D eigenvalue weighted by atomic mass is 127. The molecule has 0 bridgehead atoms. The summed E-state index contributed by atoms with van der Waals surface area (Å²) < 4.78 is 37.3. The molecular formula is C17H26ClFIN3O2S. The molecule has 9 heteroatoms. The summed E-state index contributed by atoms with van der Waals surface area (Å²) in [7, 11) is -3.11. The topological polar surface area (TPSA) is 61.8 Å². The molecule has 1 aliphatic heterocycles. The molecule has 148 valence electrons. The third-order valence-corrected chi connectivity index (χ3v) is 7.25. The Morgan fingerprint density at radius 3 is 2.69 bits per heavy atom. The second-order valence-corrected chi connectivity index (χ2v) is 9.84. The van der Waals surface area contributed by atoms with Crippen LogP contribution in [0.15, 0.2) is 23.2 Å². The average Bonchev–Trinajstić information content (AvgIpc) is 2.52. The number of nitrogens with one attached hydrogen (secondary N) is 1. The van der Waals surface area contributed by atoms with Crippen molar-refractivity contribution in [2.75, 3.05) is 31.9 Å². The van der Waals surface area contributed by atoms with Gasteiger partial charge in [0.1, 0.15) is 5.82 Å². The Kier molecular flexibility index (Phi) is 8.60. The van der Waals surface area contributed by atoms with E-state index in [0.717, 1.165) is 0 Å². The van der Waals surface area contributed by atoms with Gasteiger partial charge in [-0.1, -0.05) is 17.7 Å². The molecule has 1 saturated heterocycles. The van der Waals surface area contributed by atoms with Crippen molar-refractivity contribution >= 4 is 51.4 Å². The number of aliphatic imine (C=N–C) groups is 1. The summed E-state index contributed by atoms with van der Waals surface area (Å²) in [5.74, 6) is 0.416. The van der Waals surface area contributed by atoms with Crippen LogP contribution in [0.3, 0.4) is 0 Å². The molecule has 1 N–H and O–H groups in total. The van der Waals surface area contributed by atoms with Crippen LogP contribution in [0.25, 0.3) is 0 Å². The van der Waals surface area contributed by atoms with Gasteiger partial charge in [-0.15, -0.1) is 24.0 Å². The van der Waals surface area contributed by atoms with Gasteiger partial charge in [-0.3, -0.25) is 4.99 Å². The predicted molar refractivity (Wildman–Crippen MR) is 116 cm³/mol. The molecule has 0 radical (unpaired) electrons. The quantitative estimate of drug-likeness (QED) is 0.379. The van der Waals surface area contributed by atoms with Crippen LogP contribution in [-0.4, -0.2) is 56.0 Å². The van der Waals surface area contributed by atoms with E-state index in [0.29, 0.717) is 49.1 Å². The van der Waals surface area contributed by atoms with Crippen LogP contribution >= 0.6 is 35.6 Å². The van der Waals surface area contributed by atoms with Crippen LogP contribution < -0.4 is 5.32 Å². The lowest BCUT2D eigenvalue weighted by Crippen LogP contribution is -2.57. The third kappa shape index (κ3) is 5.45. The summed E-state index contributed by atoms with van der Waals surface area (Å²) in [5.41, 5.74) is 0.449. The van der Waals surface area contributed by atoms with E-state index >= 15 is 0 Å². The van der Waals surface area contributed by atoms with Crippen molar-refractivity contribution in [2.24, 2.45) is 4.99 Å². The first-order valence-corrected chi connectivity index (χ1v) is 10.4. The van der Waals surface area contributed by atoms with E-state index in [-0.39, 0.29) is 35.5 Å². The zero-order valence-electron chi connectivity index (χ0n) is 15.3. The second kappa shape index (κ2) is 9.54. The van der Waals surface area contributed by atoms with Crippen molar-refractivity contribution in [3.63, 3.8) is 0 Å². The number of benzene rings is 1. The lowest BCUT2D eigenvalue weighted by atomic mass is 10.1. The monoisotopic (exact) mass is 517 g/mol. The van der Waals surface area contributed by atoms with Crippen molar-refractivity contribution in [1.29, 1.82) is 0 Å². The van der Waals surface area contributed by atoms with Crippen molar-refractivity contribution < 1.29 is 12.8 Å². The van der Waals surface area contributed by atoms with Crippen molar-refractivity contribution in [3.8, 4) is 0 Å². The summed E-state index contributed by atoms with van der Waals surface area (Å²) in [5, 5.41) is 3.58. The summed E-state index contributed by atoms with van der Waals surface area (Å²) in [4.78, 5) is 6.49. The van der Waals surface area contributed by atoms with Crippen LogP contribution in [0.2, 0.25) is 5.02 Å². The van der Waals surface area contributed by atoms with Gasteiger partial charge in [0.05, 0.1) is 10.5 Å². The van der Waals surface area contributed by atoms with Gasteiger partial charge in [0, 0.05) is 36.8 Å². The highest BCUT2D eigenvalue weighted by molar-refractivity contribution is 14.0. The zero-order chi connectivity index (χ0) is 18.7. The Morgan fingerprint density at radius 1 is 1.42 bits per heavy atom. The van der Waals surface area contributed by atoms with Gasteiger partial charge >= 0.3 is 0 Å². The Bertz CT molecular complexity index is 736. The molecule has 0 unspecified atom stereocenters. The Balaban J connectivity index is 0.00000338. The minimum Gasteiger partial charge on any atom is -0.357 e. The molecule has 2 rings (SSSR count). The van der Waals surface area contributed by atoms with Gasteiger partial charge in [-0.25, -0.2) is 12.8 Å². The number of hydrogen-bond acceptors (Lipinski definition) is 3. The lowest BCUT2D eigenvalue weighted by Gasteiger charge is -2.39. The summed E-state index contributed by atoms with van der Waals surface area (Å²) in [6.45, 7) is 7.23. The Morgan fingerprint density at radius 2 is 2.12 bits per heavy atom. The lowest BCUT2D eigenvalue weighted by molar-refractivity contribution is 0.353. The number of sulfone groups is 1. The Labute approximate surface area is 177 Å². The highest BCUT2D eigenvalue weighted by Gasteiger charge is 2.40. The molecule has 0 saturated carbocycles. The van der Waals surface area contributed by atoms with Crippen LogP contribution in [0, 0.1) is 5.82 Å². The minimum absolute atomic E-state index is 0. The fourth-order valence-electron chi connectivity index (χ4n) is 2.80. The Hall–Kier alpha value is -0.610. The number of halogens is 3. The van der Waals surface area contributed by atoms with E-state index < -0.39 is 14.6 Å². The molecule has 1 fully saturated rings. The SMILES string of the molecule is CCNC(=NCCc1c(F)cccc1Cl)N1CCS(=O)(=O)C(C)(C)C1.I. The first-order chi connectivity index (χ1) is 11.7. The summed E-state index contributed by atoms with van der Waals surface area (Å²) in [6, 6.07) is 4.62. The molecular weight excluding hydrogens is 492 g/mol. The number of guanidine groups is 1. The summed E-state index contributed by atoms with van der Waals surface area (Å²) in [6.07, 6.45) is 0.385. The van der Waals surface area contributed by atoms with Gasteiger partial charge in [-0.05, 0) is 39.3 Å². The number of hydrogen-bond donors (Lipinski definition) is 1. The van der Waals surface area contributed by atoms with Crippen LogP contribution in [0.1, 0.15) is 26.3 Å². The molecule has 1 aromatic carbocycles. The van der Waals surface area contributed by atoms with E-state index in [4.69, 9.17) is 11.6 Å². The maximum absolute atomic E-state index is 13.8. The highest BCUT2D eigenvalue weighted by Crippen LogP contribution is 2.24. The standard InChI is InChI=1S/C17H25ClFN3O2S.HI/c1-4-20-16(22-10-11-25(23,24)17(2,3)12-22)21-9-8-13-14(18)6-5-7-15(13)19;/h5-7H,4,8-12H2,1-3H3,(H,20,21);1H.